The number of benzene rings is 2. The Morgan fingerprint density at radius 1 is 1.08 bits per heavy atom. The summed E-state index contributed by atoms with van der Waals surface area (Å²) in [5, 5.41) is 0.669. The van der Waals surface area contributed by atoms with Crippen molar-refractivity contribution in [1.82, 2.24) is 9.88 Å². The molecule has 0 radical (unpaired) electrons. The highest BCUT2D eigenvalue weighted by Gasteiger charge is 2.11. The van der Waals surface area contributed by atoms with Crippen molar-refractivity contribution in [3.63, 3.8) is 0 Å². The third-order valence-electron chi connectivity index (χ3n) is 4.01. The molecule has 3 aromatic rings. The van der Waals surface area contributed by atoms with Crippen LogP contribution in [0.3, 0.4) is 0 Å². The Kier molecular flexibility index (Phi) is 4.67. The lowest BCUT2D eigenvalue weighted by Crippen LogP contribution is -2.21. The highest BCUT2D eigenvalue weighted by Crippen LogP contribution is 2.20. The number of rotatable bonds is 5. The third-order valence-corrected chi connectivity index (χ3v) is 4.01. The molecule has 2 aromatic carbocycles. The van der Waals surface area contributed by atoms with Gasteiger partial charge in [0.05, 0.1) is 0 Å². The van der Waals surface area contributed by atoms with Gasteiger partial charge < -0.3 is 14.6 Å². The molecule has 4 nitrogen and oxygen atoms in total. The summed E-state index contributed by atoms with van der Waals surface area (Å²) in [6.07, 6.45) is 0. The van der Waals surface area contributed by atoms with Gasteiger partial charge in [-0.15, -0.1) is 0 Å². The average Bonchev–Trinajstić information content (AvgIpc) is 2.58. The maximum atomic E-state index is 12.8. The minimum Gasteiger partial charge on any atom is -0.489 e. The first kappa shape index (κ1) is 16.3. The topological polar surface area (TPSA) is 45.3 Å². The maximum Gasteiger partial charge on any atom is 0.194 e. The number of pyridine rings is 1. The molecule has 1 N–H and O–H groups in total. The van der Waals surface area contributed by atoms with Crippen molar-refractivity contribution in [1.29, 1.82) is 0 Å². The molecule has 4 heteroatoms. The predicted molar refractivity (Wildman–Crippen MR) is 97.5 cm³/mol. The zero-order valence-corrected chi connectivity index (χ0v) is 14.3. The number of aromatic amines is 1. The number of hydrogen-bond acceptors (Lipinski definition) is 3. The predicted octanol–water partition coefficient (Wildman–Crippen LogP) is 3.48. The average molecular weight is 322 g/mol. The molecule has 0 amide bonds. The first-order chi connectivity index (χ1) is 11.5. The van der Waals surface area contributed by atoms with E-state index in [0.29, 0.717) is 24.3 Å². The summed E-state index contributed by atoms with van der Waals surface area (Å²) in [7, 11) is 3.92. The second-order valence-electron chi connectivity index (χ2n) is 6.28. The Labute approximate surface area is 141 Å². The number of ether oxygens (including phenoxy) is 1. The van der Waals surface area contributed by atoms with Crippen LogP contribution in [0, 0.1) is 6.92 Å². The van der Waals surface area contributed by atoms with Crippen LogP contribution >= 0.6 is 0 Å². The van der Waals surface area contributed by atoms with E-state index < -0.39 is 0 Å². The molecule has 0 aliphatic heterocycles. The number of aryl methyl sites for hydroxylation is 1. The summed E-state index contributed by atoms with van der Waals surface area (Å²) < 4.78 is 5.84. The first-order valence-electron chi connectivity index (χ1n) is 8.01. The Hall–Kier alpha value is -2.59. The number of H-pyrrole nitrogens is 1. The zero-order chi connectivity index (χ0) is 17.1. The van der Waals surface area contributed by atoms with E-state index in [-0.39, 0.29) is 5.43 Å². The minimum absolute atomic E-state index is 0.0695. The van der Waals surface area contributed by atoms with Gasteiger partial charge in [-0.25, -0.2) is 0 Å². The Balaban J connectivity index is 1.93. The van der Waals surface area contributed by atoms with Crippen LogP contribution in [0.4, 0.5) is 0 Å². The largest absolute Gasteiger partial charge is 0.489 e. The fourth-order valence-electron chi connectivity index (χ4n) is 2.77. The Morgan fingerprint density at radius 2 is 1.83 bits per heavy atom. The maximum absolute atomic E-state index is 12.8. The molecule has 0 spiro atoms. The number of nitrogens with one attached hydrogen (secondary N) is 1. The molecule has 0 saturated carbocycles. The molecule has 24 heavy (non-hydrogen) atoms. The summed E-state index contributed by atoms with van der Waals surface area (Å²) in [5.74, 6) is 0.705. The quantitative estimate of drug-likeness (QED) is 0.782. The monoisotopic (exact) mass is 322 g/mol. The summed E-state index contributed by atoms with van der Waals surface area (Å²) >= 11 is 0. The normalized spacial score (nSPS) is 11.2. The molecule has 0 bridgehead atoms. The lowest BCUT2D eigenvalue weighted by atomic mass is 10.1. The van der Waals surface area contributed by atoms with Crippen LogP contribution in [0.1, 0.15) is 16.8 Å². The lowest BCUT2D eigenvalue weighted by molar-refractivity contribution is 0.306. The second kappa shape index (κ2) is 6.89. The lowest BCUT2D eigenvalue weighted by Gasteiger charge is -2.13. The van der Waals surface area contributed by atoms with Gasteiger partial charge in [0.25, 0.3) is 0 Å². The third kappa shape index (κ3) is 3.49. The molecule has 0 aliphatic rings. The Bertz CT molecular complexity index is 899. The molecule has 1 aromatic heterocycles. The van der Waals surface area contributed by atoms with E-state index in [2.05, 4.69) is 4.98 Å². The first-order valence-corrected chi connectivity index (χ1v) is 8.01. The smallest absolute Gasteiger partial charge is 0.194 e. The van der Waals surface area contributed by atoms with Crippen LogP contribution in [-0.2, 0) is 13.2 Å². The number of hydrogen-bond donors (Lipinski definition) is 1. The van der Waals surface area contributed by atoms with Crippen molar-refractivity contribution < 1.29 is 4.74 Å². The second-order valence-corrected chi connectivity index (χ2v) is 6.28. The molecule has 0 fully saturated rings. The van der Waals surface area contributed by atoms with Gasteiger partial charge in [0.1, 0.15) is 12.4 Å². The number of aromatic nitrogens is 1. The molecule has 0 saturated heterocycles. The fraction of sp³-hybridized carbons (Fsp3) is 0.250. The number of fused-ring (bicyclic) bond motifs is 1. The van der Waals surface area contributed by atoms with Crippen LogP contribution in [0.2, 0.25) is 0 Å². The standard InChI is InChI=1S/C20H22N2O2/c1-14-18(12-22(2)3)20(23)17-11-16(9-10-19(17)21-14)24-13-15-7-5-4-6-8-15/h4-11H,12-13H2,1-3H3,(H,21,23). The van der Waals surface area contributed by atoms with Gasteiger partial charge in [-0.1, -0.05) is 30.3 Å². The molecule has 0 aliphatic carbocycles. The van der Waals surface area contributed by atoms with Crippen LogP contribution in [0.15, 0.2) is 53.3 Å². The van der Waals surface area contributed by atoms with Gasteiger partial charge in [-0.3, -0.25) is 4.79 Å². The highest BCUT2D eigenvalue weighted by molar-refractivity contribution is 5.81. The Morgan fingerprint density at radius 3 is 2.54 bits per heavy atom. The summed E-state index contributed by atoms with van der Waals surface area (Å²) in [5.41, 5.74) is 3.72. The van der Waals surface area contributed by atoms with Crippen LogP contribution in [0.5, 0.6) is 5.75 Å². The summed E-state index contributed by atoms with van der Waals surface area (Å²) in [4.78, 5) is 18.1. The van der Waals surface area contributed by atoms with Gasteiger partial charge in [0.15, 0.2) is 5.43 Å². The van der Waals surface area contributed by atoms with Crippen molar-refractivity contribution in [2.45, 2.75) is 20.1 Å². The van der Waals surface area contributed by atoms with Crippen molar-refractivity contribution in [3.05, 3.63) is 75.6 Å². The summed E-state index contributed by atoms with van der Waals surface area (Å²) in [6, 6.07) is 15.6. The van der Waals surface area contributed by atoms with Crippen LogP contribution < -0.4 is 10.2 Å². The van der Waals surface area contributed by atoms with E-state index in [9.17, 15) is 4.79 Å². The van der Waals surface area contributed by atoms with Crippen LogP contribution in [0.25, 0.3) is 10.9 Å². The van der Waals surface area contributed by atoms with Gasteiger partial charge in [-0.05, 0) is 44.8 Å². The van der Waals surface area contributed by atoms with Gasteiger partial charge >= 0.3 is 0 Å². The molecular formula is C20H22N2O2. The van der Waals surface area contributed by atoms with Gasteiger partial charge in [0.2, 0.25) is 0 Å². The van der Waals surface area contributed by atoms with Crippen molar-refractivity contribution in [3.8, 4) is 5.75 Å². The SMILES string of the molecule is Cc1[nH]c2ccc(OCc3ccccc3)cc2c(=O)c1CN(C)C. The van der Waals surface area contributed by atoms with Gasteiger partial charge in [-0.2, -0.15) is 0 Å². The zero-order valence-electron chi connectivity index (χ0n) is 14.3. The fourth-order valence-corrected chi connectivity index (χ4v) is 2.77. The van der Waals surface area contributed by atoms with Gasteiger partial charge in [0, 0.05) is 28.7 Å². The van der Waals surface area contributed by atoms with E-state index in [1.807, 2.05) is 74.4 Å². The van der Waals surface area contributed by atoms with Crippen molar-refractivity contribution >= 4 is 10.9 Å². The van der Waals surface area contributed by atoms with E-state index in [4.69, 9.17) is 4.74 Å². The molecule has 3 rings (SSSR count). The molecule has 0 unspecified atom stereocenters. The summed E-state index contributed by atoms with van der Waals surface area (Å²) in [6.45, 7) is 3.05. The van der Waals surface area contributed by atoms with Crippen molar-refractivity contribution in [2.24, 2.45) is 0 Å². The van der Waals surface area contributed by atoms with E-state index in [0.717, 1.165) is 22.3 Å². The van der Waals surface area contributed by atoms with E-state index >= 15 is 0 Å². The molecule has 1 heterocycles. The van der Waals surface area contributed by atoms with E-state index in [1.54, 1.807) is 0 Å². The van der Waals surface area contributed by atoms with Crippen LogP contribution in [-0.4, -0.2) is 24.0 Å². The molecule has 0 atom stereocenters. The van der Waals surface area contributed by atoms with Crippen molar-refractivity contribution in [2.75, 3.05) is 14.1 Å². The minimum atomic E-state index is 0.0695. The number of nitrogens with zero attached hydrogens (tertiary/aromatic N) is 1. The molecular weight excluding hydrogens is 300 g/mol. The van der Waals surface area contributed by atoms with E-state index in [1.165, 1.54) is 0 Å². The molecule has 124 valence electrons. The highest BCUT2D eigenvalue weighted by atomic mass is 16.5.